The number of nitrogen functional groups attached to an aromatic ring is 1. The molecule has 0 atom stereocenters. The SMILES string of the molecule is Cc1c(N)c(C)c2cc(-c3ccccc3)oc2c1C. The number of furan rings is 1. The van der Waals surface area contributed by atoms with E-state index >= 15 is 0 Å². The van der Waals surface area contributed by atoms with Gasteiger partial charge in [0.15, 0.2) is 0 Å². The zero-order valence-corrected chi connectivity index (χ0v) is 11.4. The van der Waals surface area contributed by atoms with Gasteiger partial charge in [0.05, 0.1) is 0 Å². The zero-order chi connectivity index (χ0) is 13.6. The Labute approximate surface area is 112 Å². The molecule has 0 spiro atoms. The quantitative estimate of drug-likeness (QED) is 0.641. The lowest BCUT2D eigenvalue weighted by molar-refractivity contribution is 0.628. The summed E-state index contributed by atoms with van der Waals surface area (Å²) in [7, 11) is 0. The third kappa shape index (κ3) is 1.72. The van der Waals surface area contributed by atoms with E-state index in [9.17, 15) is 0 Å². The highest BCUT2D eigenvalue weighted by atomic mass is 16.3. The average molecular weight is 251 g/mol. The summed E-state index contributed by atoms with van der Waals surface area (Å²) in [5.74, 6) is 0.895. The summed E-state index contributed by atoms with van der Waals surface area (Å²) in [6.45, 7) is 6.15. The molecule has 1 aromatic heterocycles. The van der Waals surface area contributed by atoms with Crippen molar-refractivity contribution in [3.8, 4) is 11.3 Å². The summed E-state index contributed by atoms with van der Waals surface area (Å²) in [4.78, 5) is 0. The third-order valence-electron chi connectivity index (χ3n) is 3.91. The largest absolute Gasteiger partial charge is 0.456 e. The fourth-order valence-electron chi connectivity index (χ4n) is 2.49. The number of fused-ring (bicyclic) bond motifs is 1. The number of hydrogen-bond acceptors (Lipinski definition) is 2. The Morgan fingerprint density at radius 1 is 0.895 bits per heavy atom. The number of anilines is 1. The van der Waals surface area contributed by atoms with E-state index in [-0.39, 0.29) is 0 Å². The van der Waals surface area contributed by atoms with Crippen LogP contribution in [0.2, 0.25) is 0 Å². The van der Waals surface area contributed by atoms with Crippen LogP contribution in [0.1, 0.15) is 16.7 Å². The first-order valence-electron chi connectivity index (χ1n) is 6.43. The van der Waals surface area contributed by atoms with Crippen LogP contribution in [0.15, 0.2) is 40.8 Å². The van der Waals surface area contributed by atoms with E-state index in [1.165, 1.54) is 0 Å². The molecule has 0 saturated carbocycles. The summed E-state index contributed by atoms with van der Waals surface area (Å²) >= 11 is 0. The maximum Gasteiger partial charge on any atom is 0.138 e. The Balaban J connectivity index is 2.33. The maximum absolute atomic E-state index is 6.16. The maximum atomic E-state index is 6.16. The van der Waals surface area contributed by atoms with Gasteiger partial charge >= 0.3 is 0 Å². The second kappa shape index (κ2) is 4.16. The lowest BCUT2D eigenvalue weighted by Crippen LogP contribution is -1.96. The van der Waals surface area contributed by atoms with E-state index in [0.717, 1.165) is 44.7 Å². The van der Waals surface area contributed by atoms with Crippen molar-refractivity contribution in [3.63, 3.8) is 0 Å². The molecule has 96 valence electrons. The van der Waals surface area contributed by atoms with Gasteiger partial charge in [-0.25, -0.2) is 0 Å². The predicted molar refractivity (Wildman–Crippen MR) is 80.3 cm³/mol. The van der Waals surface area contributed by atoms with Gasteiger partial charge in [0, 0.05) is 16.6 Å². The van der Waals surface area contributed by atoms with Crippen LogP contribution >= 0.6 is 0 Å². The van der Waals surface area contributed by atoms with Gasteiger partial charge in [0.1, 0.15) is 11.3 Å². The van der Waals surface area contributed by atoms with Crippen LogP contribution in [0.4, 0.5) is 5.69 Å². The molecule has 2 aromatic carbocycles. The van der Waals surface area contributed by atoms with Gasteiger partial charge in [0.25, 0.3) is 0 Å². The van der Waals surface area contributed by atoms with Gasteiger partial charge in [-0.1, -0.05) is 30.3 Å². The Bertz CT molecular complexity index is 709. The van der Waals surface area contributed by atoms with Crippen LogP contribution in [-0.2, 0) is 0 Å². The van der Waals surface area contributed by atoms with Crippen molar-refractivity contribution in [3.05, 3.63) is 53.1 Å². The number of hydrogen-bond donors (Lipinski definition) is 1. The van der Waals surface area contributed by atoms with Crippen molar-refractivity contribution < 1.29 is 4.42 Å². The molecule has 2 heteroatoms. The Morgan fingerprint density at radius 3 is 2.26 bits per heavy atom. The van der Waals surface area contributed by atoms with Gasteiger partial charge in [-0.15, -0.1) is 0 Å². The van der Waals surface area contributed by atoms with Crippen molar-refractivity contribution in [1.82, 2.24) is 0 Å². The van der Waals surface area contributed by atoms with E-state index in [1.54, 1.807) is 0 Å². The number of aryl methyl sites for hydroxylation is 2. The van der Waals surface area contributed by atoms with Gasteiger partial charge in [-0.05, 0) is 43.5 Å². The lowest BCUT2D eigenvalue weighted by Gasteiger charge is -2.08. The van der Waals surface area contributed by atoms with Crippen LogP contribution in [0, 0.1) is 20.8 Å². The molecule has 3 rings (SSSR count). The third-order valence-corrected chi connectivity index (χ3v) is 3.91. The molecule has 0 bridgehead atoms. The van der Waals surface area contributed by atoms with Crippen LogP contribution in [-0.4, -0.2) is 0 Å². The zero-order valence-electron chi connectivity index (χ0n) is 11.4. The Kier molecular flexibility index (Phi) is 2.59. The number of nitrogens with two attached hydrogens (primary N) is 1. The van der Waals surface area contributed by atoms with E-state index in [2.05, 4.69) is 32.0 Å². The van der Waals surface area contributed by atoms with Crippen molar-refractivity contribution in [2.45, 2.75) is 20.8 Å². The first kappa shape index (κ1) is 11.8. The second-order valence-corrected chi connectivity index (χ2v) is 5.01. The fraction of sp³-hybridized carbons (Fsp3) is 0.176. The molecular formula is C17H17NO. The van der Waals surface area contributed by atoms with Gasteiger partial charge in [0.2, 0.25) is 0 Å². The van der Waals surface area contributed by atoms with E-state index in [4.69, 9.17) is 10.2 Å². The highest BCUT2D eigenvalue weighted by Crippen LogP contribution is 2.36. The monoisotopic (exact) mass is 251 g/mol. The number of rotatable bonds is 1. The molecule has 0 saturated heterocycles. The molecule has 2 nitrogen and oxygen atoms in total. The smallest absolute Gasteiger partial charge is 0.138 e. The lowest BCUT2D eigenvalue weighted by atomic mass is 9.99. The summed E-state index contributed by atoms with van der Waals surface area (Å²) < 4.78 is 6.05. The van der Waals surface area contributed by atoms with Crippen molar-refractivity contribution in [1.29, 1.82) is 0 Å². The predicted octanol–water partition coefficient (Wildman–Crippen LogP) is 4.61. The van der Waals surface area contributed by atoms with E-state index < -0.39 is 0 Å². The molecule has 1 heterocycles. The molecule has 0 aliphatic carbocycles. The topological polar surface area (TPSA) is 39.2 Å². The summed E-state index contributed by atoms with van der Waals surface area (Å²) in [5, 5.41) is 1.11. The molecule has 0 unspecified atom stereocenters. The standard InChI is InChI=1S/C17H17NO/c1-10-11(2)17-14(12(3)16(10)18)9-15(19-17)13-7-5-4-6-8-13/h4-9H,18H2,1-3H3. The molecule has 0 radical (unpaired) electrons. The normalized spacial score (nSPS) is 11.1. The summed E-state index contributed by atoms with van der Waals surface area (Å²) in [6, 6.07) is 12.2. The second-order valence-electron chi connectivity index (χ2n) is 5.01. The van der Waals surface area contributed by atoms with Crippen LogP contribution in [0.5, 0.6) is 0 Å². The van der Waals surface area contributed by atoms with Crippen LogP contribution < -0.4 is 5.73 Å². The molecule has 3 aromatic rings. The molecule has 19 heavy (non-hydrogen) atoms. The molecule has 0 fully saturated rings. The highest BCUT2D eigenvalue weighted by molar-refractivity contribution is 5.93. The van der Waals surface area contributed by atoms with Gasteiger partial charge in [-0.2, -0.15) is 0 Å². The minimum atomic E-state index is 0.866. The Hall–Kier alpha value is -2.22. The van der Waals surface area contributed by atoms with Crippen LogP contribution in [0.25, 0.3) is 22.3 Å². The molecular weight excluding hydrogens is 234 g/mol. The number of benzene rings is 2. The highest BCUT2D eigenvalue weighted by Gasteiger charge is 2.15. The van der Waals surface area contributed by atoms with Crippen LogP contribution in [0.3, 0.4) is 0 Å². The van der Waals surface area contributed by atoms with Crippen molar-refractivity contribution in [2.24, 2.45) is 0 Å². The Morgan fingerprint density at radius 2 is 1.58 bits per heavy atom. The van der Waals surface area contributed by atoms with E-state index in [1.807, 2.05) is 25.1 Å². The summed E-state index contributed by atoms with van der Waals surface area (Å²) in [6.07, 6.45) is 0. The fourth-order valence-corrected chi connectivity index (χ4v) is 2.49. The first-order chi connectivity index (χ1) is 9.09. The molecule has 2 N–H and O–H groups in total. The minimum absolute atomic E-state index is 0.866. The molecule has 0 aliphatic rings. The molecule has 0 aliphatic heterocycles. The minimum Gasteiger partial charge on any atom is -0.456 e. The van der Waals surface area contributed by atoms with Gasteiger partial charge < -0.3 is 10.2 Å². The van der Waals surface area contributed by atoms with Gasteiger partial charge in [-0.3, -0.25) is 0 Å². The van der Waals surface area contributed by atoms with Crippen molar-refractivity contribution >= 4 is 16.7 Å². The molecule has 0 amide bonds. The van der Waals surface area contributed by atoms with Crippen molar-refractivity contribution in [2.75, 3.05) is 5.73 Å². The van der Waals surface area contributed by atoms with E-state index in [0.29, 0.717) is 0 Å². The summed E-state index contributed by atoms with van der Waals surface area (Å²) in [5.41, 5.74) is 12.4. The average Bonchev–Trinajstić information content (AvgIpc) is 2.89. The first-order valence-corrected chi connectivity index (χ1v) is 6.43.